The Kier molecular flexibility index (Phi) is 6.88. The Morgan fingerprint density at radius 3 is 2.24 bits per heavy atom. The van der Waals surface area contributed by atoms with Crippen molar-refractivity contribution in [2.75, 3.05) is 44.2 Å². The summed E-state index contributed by atoms with van der Waals surface area (Å²) in [5.74, 6) is -2.78. The topological polar surface area (TPSA) is 110 Å². The van der Waals surface area contributed by atoms with E-state index in [1.165, 1.54) is 23.1 Å². The van der Waals surface area contributed by atoms with Crippen LogP contribution >= 0.6 is 11.6 Å². The summed E-state index contributed by atoms with van der Waals surface area (Å²) in [6.45, 7) is 1.96. The molecule has 0 bridgehead atoms. The van der Waals surface area contributed by atoms with Crippen molar-refractivity contribution in [2.24, 2.45) is 0 Å². The van der Waals surface area contributed by atoms with E-state index in [0.717, 1.165) is 0 Å². The summed E-state index contributed by atoms with van der Waals surface area (Å²) in [5.41, 5.74) is 0.367. The van der Waals surface area contributed by atoms with Gasteiger partial charge in [0.05, 0.1) is 23.2 Å². The number of aromatic nitrogens is 2. The van der Waals surface area contributed by atoms with Gasteiger partial charge in [-0.2, -0.15) is 13.2 Å². The number of halogens is 4. The van der Waals surface area contributed by atoms with Crippen molar-refractivity contribution in [1.29, 1.82) is 0 Å². The number of aliphatic hydroxyl groups is 1. The number of benzene rings is 2. The summed E-state index contributed by atoms with van der Waals surface area (Å²) in [6.07, 6.45) is -5.70. The second kappa shape index (κ2) is 10.0. The Hall–Kier alpha value is -3.48. The van der Waals surface area contributed by atoms with Crippen LogP contribution in [0.15, 0.2) is 42.5 Å². The molecule has 38 heavy (non-hydrogen) atoms. The summed E-state index contributed by atoms with van der Waals surface area (Å²) >= 11 is 5.90. The summed E-state index contributed by atoms with van der Waals surface area (Å²) in [5, 5.41) is 20.9. The maximum atomic E-state index is 13.5. The van der Waals surface area contributed by atoms with Gasteiger partial charge in [0.25, 0.3) is 5.91 Å². The van der Waals surface area contributed by atoms with Crippen molar-refractivity contribution in [1.82, 2.24) is 19.8 Å². The number of piperazine rings is 1. The SMILES string of the molecule is O=C(O)c1ccc2nc(C(F)(F)F)nc(N3C[C@@H](O)[C@H](N4CCN(C(=O)c5ccc(Cl)cc5)CC4)C3)c2c1. The molecule has 0 radical (unpaired) electrons. The van der Waals surface area contributed by atoms with Crippen molar-refractivity contribution < 1.29 is 33.0 Å². The third-order valence-corrected chi connectivity index (χ3v) is 7.15. The molecule has 2 fully saturated rings. The fraction of sp³-hybridized carbons (Fsp3) is 0.360. The van der Waals surface area contributed by atoms with Crippen LogP contribution in [0, 0.1) is 0 Å². The van der Waals surface area contributed by atoms with Gasteiger partial charge in [-0.3, -0.25) is 9.69 Å². The van der Waals surface area contributed by atoms with E-state index in [-0.39, 0.29) is 41.3 Å². The predicted octanol–water partition coefficient (Wildman–Crippen LogP) is 3.01. The van der Waals surface area contributed by atoms with Crippen molar-refractivity contribution in [3.63, 3.8) is 0 Å². The third kappa shape index (κ3) is 5.11. The number of anilines is 1. The number of hydrogen-bond donors (Lipinski definition) is 2. The number of alkyl halides is 3. The van der Waals surface area contributed by atoms with Crippen molar-refractivity contribution in [2.45, 2.75) is 18.3 Å². The quantitative estimate of drug-likeness (QED) is 0.511. The van der Waals surface area contributed by atoms with Gasteiger partial charge in [0, 0.05) is 55.2 Å². The van der Waals surface area contributed by atoms with E-state index in [2.05, 4.69) is 9.97 Å². The number of nitrogens with zero attached hydrogens (tertiary/aromatic N) is 5. The zero-order valence-corrected chi connectivity index (χ0v) is 20.7. The number of carbonyl (C=O) groups excluding carboxylic acids is 1. The fourth-order valence-corrected chi connectivity index (χ4v) is 5.07. The maximum absolute atomic E-state index is 13.5. The lowest BCUT2D eigenvalue weighted by molar-refractivity contribution is -0.144. The first kappa shape index (κ1) is 26.1. The molecule has 2 N–H and O–H groups in total. The molecule has 5 rings (SSSR count). The Morgan fingerprint density at radius 1 is 0.947 bits per heavy atom. The molecule has 2 aromatic carbocycles. The highest BCUT2D eigenvalue weighted by Crippen LogP contribution is 2.34. The minimum Gasteiger partial charge on any atom is -0.478 e. The lowest BCUT2D eigenvalue weighted by Gasteiger charge is -2.38. The molecule has 2 atom stereocenters. The second-order valence-electron chi connectivity index (χ2n) is 9.28. The van der Waals surface area contributed by atoms with Gasteiger partial charge < -0.3 is 20.0 Å². The van der Waals surface area contributed by atoms with Crippen LogP contribution in [-0.4, -0.2) is 93.3 Å². The summed E-state index contributed by atoms with van der Waals surface area (Å²) < 4.78 is 40.6. The number of carboxylic acid groups (broad SMARTS) is 1. The molecule has 2 saturated heterocycles. The largest absolute Gasteiger partial charge is 0.478 e. The fourth-order valence-electron chi connectivity index (χ4n) is 4.95. The Morgan fingerprint density at radius 2 is 1.61 bits per heavy atom. The number of amides is 1. The smallest absolute Gasteiger partial charge is 0.451 e. The summed E-state index contributed by atoms with van der Waals surface area (Å²) in [4.78, 5) is 36.9. The van der Waals surface area contributed by atoms with E-state index >= 15 is 0 Å². The first-order valence-corrected chi connectivity index (χ1v) is 12.2. The van der Waals surface area contributed by atoms with Crippen LogP contribution in [0.25, 0.3) is 10.9 Å². The number of aromatic carboxylic acids is 1. The van der Waals surface area contributed by atoms with E-state index in [4.69, 9.17) is 11.6 Å². The van der Waals surface area contributed by atoms with E-state index in [9.17, 15) is 33.0 Å². The maximum Gasteiger partial charge on any atom is 0.451 e. The zero-order valence-electron chi connectivity index (χ0n) is 19.9. The van der Waals surface area contributed by atoms with Crippen LogP contribution in [0.1, 0.15) is 26.5 Å². The average molecular weight is 550 g/mol. The van der Waals surface area contributed by atoms with Crippen LogP contribution in [0.5, 0.6) is 0 Å². The molecule has 3 heterocycles. The van der Waals surface area contributed by atoms with Crippen LogP contribution < -0.4 is 4.90 Å². The van der Waals surface area contributed by atoms with E-state index in [1.54, 1.807) is 29.2 Å². The average Bonchev–Trinajstić information content (AvgIpc) is 3.28. The van der Waals surface area contributed by atoms with E-state index in [0.29, 0.717) is 36.8 Å². The molecule has 0 spiro atoms. The molecular formula is C25H23ClF3N5O4. The molecule has 200 valence electrons. The number of β-amino-alcohol motifs (C(OH)–C–C–N with tert-alkyl or cyclic N) is 1. The van der Waals surface area contributed by atoms with Gasteiger partial charge in [0.15, 0.2) is 0 Å². The monoisotopic (exact) mass is 549 g/mol. The molecule has 9 nitrogen and oxygen atoms in total. The molecule has 0 unspecified atom stereocenters. The standard InChI is InChI=1S/C25H23ClF3N5O4/c26-16-4-1-14(2-5-16)22(36)33-9-7-32(8-10-33)19-12-34(13-20(19)35)21-17-11-15(23(37)38)3-6-18(17)30-24(31-21)25(27,28)29/h1-6,11,19-20,35H,7-10,12-13H2,(H,37,38)/t19-,20-/m1/s1. The van der Waals surface area contributed by atoms with Crippen LogP contribution in [-0.2, 0) is 6.18 Å². The molecule has 2 aliphatic heterocycles. The number of rotatable bonds is 4. The summed E-state index contributed by atoms with van der Waals surface area (Å²) in [6, 6.07) is 9.86. The molecule has 0 saturated carbocycles. The second-order valence-corrected chi connectivity index (χ2v) is 9.72. The predicted molar refractivity (Wildman–Crippen MR) is 132 cm³/mol. The van der Waals surface area contributed by atoms with Crippen molar-refractivity contribution in [3.05, 3.63) is 64.4 Å². The van der Waals surface area contributed by atoms with E-state index in [1.807, 2.05) is 4.90 Å². The van der Waals surface area contributed by atoms with E-state index < -0.39 is 30.1 Å². The first-order chi connectivity index (χ1) is 18.0. The number of fused-ring (bicyclic) bond motifs is 1. The molecule has 2 aliphatic rings. The zero-order chi connectivity index (χ0) is 27.2. The molecule has 13 heteroatoms. The Balaban J connectivity index is 1.35. The van der Waals surface area contributed by atoms with Gasteiger partial charge in [-0.15, -0.1) is 0 Å². The number of carbonyl (C=O) groups is 2. The highest BCUT2D eigenvalue weighted by molar-refractivity contribution is 6.30. The minimum atomic E-state index is -4.81. The Labute approximate surface area is 220 Å². The molecule has 0 aliphatic carbocycles. The minimum absolute atomic E-state index is 0.00922. The van der Waals surface area contributed by atoms with Crippen molar-refractivity contribution in [3.8, 4) is 0 Å². The molecule has 1 aromatic heterocycles. The number of aliphatic hydroxyl groups excluding tert-OH is 1. The van der Waals surface area contributed by atoms with Gasteiger partial charge in [-0.25, -0.2) is 14.8 Å². The lowest BCUT2D eigenvalue weighted by atomic mass is 10.1. The van der Waals surface area contributed by atoms with Crippen LogP contribution in [0.4, 0.5) is 19.0 Å². The molecule has 3 aromatic rings. The molecule has 1 amide bonds. The highest BCUT2D eigenvalue weighted by Gasteiger charge is 2.41. The first-order valence-electron chi connectivity index (χ1n) is 11.9. The highest BCUT2D eigenvalue weighted by atomic mass is 35.5. The van der Waals surface area contributed by atoms with Gasteiger partial charge >= 0.3 is 12.1 Å². The van der Waals surface area contributed by atoms with Gasteiger partial charge in [0.2, 0.25) is 5.82 Å². The number of carboxylic acids is 1. The number of hydrogen-bond acceptors (Lipinski definition) is 7. The van der Waals surface area contributed by atoms with Gasteiger partial charge in [-0.05, 0) is 42.5 Å². The molecular weight excluding hydrogens is 527 g/mol. The van der Waals surface area contributed by atoms with Crippen molar-refractivity contribution >= 4 is 40.2 Å². The normalized spacial score (nSPS) is 20.8. The third-order valence-electron chi connectivity index (χ3n) is 6.90. The van der Waals surface area contributed by atoms with Gasteiger partial charge in [0.1, 0.15) is 5.82 Å². The lowest BCUT2D eigenvalue weighted by Crippen LogP contribution is -2.54. The van der Waals surface area contributed by atoms with Crippen LogP contribution in [0.2, 0.25) is 5.02 Å². The van der Waals surface area contributed by atoms with Crippen LogP contribution in [0.3, 0.4) is 0 Å². The summed E-state index contributed by atoms with van der Waals surface area (Å²) in [7, 11) is 0. The van der Waals surface area contributed by atoms with Gasteiger partial charge in [-0.1, -0.05) is 11.6 Å². The Bertz CT molecular complexity index is 1380.